The Morgan fingerprint density at radius 3 is 1.76 bits per heavy atom. The Kier molecular flexibility index (Phi) is 24.7. The van der Waals surface area contributed by atoms with Gasteiger partial charge in [-0.1, -0.05) is 96.5 Å². The Balaban J connectivity index is 0.000000308. The third kappa shape index (κ3) is 15.5. The van der Waals surface area contributed by atoms with Gasteiger partial charge >= 0.3 is 5.97 Å². The van der Waals surface area contributed by atoms with Gasteiger partial charge in [-0.3, -0.25) is 18.6 Å². The fourth-order valence-corrected chi connectivity index (χ4v) is 8.90. The lowest BCUT2D eigenvalue weighted by Gasteiger charge is -2.28. The van der Waals surface area contributed by atoms with Crippen molar-refractivity contribution in [2.45, 2.75) is 92.3 Å². The van der Waals surface area contributed by atoms with Crippen LogP contribution in [0.15, 0.2) is 72.8 Å². The minimum Gasteiger partial charge on any atom is -0.476 e. The fourth-order valence-electron chi connectivity index (χ4n) is 7.82. The third-order valence-electron chi connectivity index (χ3n) is 11.4. The number of hydrogen-bond donors (Lipinski definition) is 2. The van der Waals surface area contributed by atoms with Crippen molar-refractivity contribution in [3.63, 3.8) is 0 Å². The maximum Gasteiger partial charge on any atom is 0.356 e. The topological polar surface area (TPSA) is 126 Å². The number of carbonyl (C=O) groups excluding carboxylic acids is 1. The van der Waals surface area contributed by atoms with Crippen LogP contribution in [0.4, 0.5) is 42.1 Å². The molecule has 2 unspecified atom stereocenters. The van der Waals surface area contributed by atoms with Crippen molar-refractivity contribution in [2.24, 2.45) is 0 Å². The summed E-state index contributed by atoms with van der Waals surface area (Å²) in [6.45, 7) is 19.0. The molecule has 1 aliphatic heterocycles. The molecule has 0 bridgehead atoms. The first-order valence-corrected chi connectivity index (χ1v) is 25.1. The summed E-state index contributed by atoms with van der Waals surface area (Å²) in [7, 11) is -0.877. The van der Waals surface area contributed by atoms with E-state index in [0.29, 0.717) is 24.1 Å². The van der Waals surface area contributed by atoms with Crippen LogP contribution in [-0.4, -0.2) is 87.3 Å². The van der Waals surface area contributed by atoms with E-state index >= 15 is 0 Å². The van der Waals surface area contributed by atoms with E-state index < -0.39 is 66.0 Å². The number of halogens is 11. The van der Waals surface area contributed by atoms with Crippen LogP contribution in [0.3, 0.4) is 0 Å². The van der Waals surface area contributed by atoms with E-state index in [1.807, 2.05) is 0 Å². The van der Waals surface area contributed by atoms with Crippen LogP contribution in [0.5, 0.6) is 0 Å². The summed E-state index contributed by atoms with van der Waals surface area (Å²) in [6, 6.07) is 16.1. The molecule has 0 spiro atoms. The second-order valence-electron chi connectivity index (χ2n) is 16.5. The number of benzene rings is 4. The van der Waals surface area contributed by atoms with E-state index in [-0.39, 0.29) is 87.7 Å². The molecule has 7 rings (SSSR count). The highest BCUT2D eigenvalue weighted by Crippen LogP contribution is 2.35. The number of carboxylic acid groups (broad SMARTS) is 1. The predicted molar refractivity (Wildman–Crippen MR) is 281 cm³/mol. The first kappa shape index (κ1) is 61.4. The van der Waals surface area contributed by atoms with Crippen LogP contribution < -0.4 is 10.2 Å². The monoisotopic (exact) mass is 1130 g/mol. The van der Waals surface area contributed by atoms with E-state index in [1.165, 1.54) is 65.0 Å². The molecule has 1 radical (unpaired) electrons. The highest BCUT2D eigenvalue weighted by atomic mass is 35.5. The molecular formula is C50H55BCl4F7N7O4P. The number of fused-ring (bicyclic) bond motifs is 1. The lowest BCUT2D eigenvalue weighted by atomic mass is 10.1. The van der Waals surface area contributed by atoms with Gasteiger partial charge in [0.2, 0.25) is 7.00 Å². The van der Waals surface area contributed by atoms with Crippen molar-refractivity contribution < 1.29 is 51.4 Å². The summed E-state index contributed by atoms with van der Waals surface area (Å²) in [5.41, 5.74) is 0.614. The maximum atomic E-state index is 14.4. The maximum absolute atomic E-state index is 14.4. The molecule has 1 amide bonds. The average molecular weight is 1140 g/mol. The van der Waals surface area contributed by atoms with Gasteiger partial charge in [-0.2, -0.15) is 10.2 Å². The van der Waals surface area contributed by atoms with Gasteiger partial charge in [-0.05, 0) is 97.3 Å². The van der Waals surface area contributed by atoms with E-state index in [2.05, 4.69) is 55.0 Å². The summed E-state index contributed by atoms with van der Waals surface area (Å²) in [6.07, 6.45) is 0.412. The van der Waals surface area contributed by atoms with Gasteiger partial charge in [0, 0.05) is 47.4 Å². The highest BCUT2D eigenvalue weighted by Gasteiger charge is 2.35. The van der Waals surface area contributed by atoms with E-state index in [1.54, 1.807) is 32.9 Å². The van der Waals surface area contributed by atoms with Gasteiger partial charge in [-0.15, -0.1) is 0 Å². The average Bonchev–Trinajstić information content (AvgIpc) is 3.89. The van der Waals surface area contributed by atoms with Crippen LogP contribution in [-0.2, 0) is 17.4 Å². The molecule has 2 atom stereocenters. The normalized spacial score (nSPS) is 12.8. The minimum atomic E-state index is -1.33. The molecule has 24 heteroatoms. The molecule has 399 valence electrons. The molecule has 0 saturated carbocycles. The zero-order valence-electron chi connectivity index (χ0n) is 42.5. The Morgan fingerprint density at radius 1 is 0.797 bits per heavy atom. The number of aromatic carboxylic acids is 1. The number of alkyl halides is 1. The van der Waals surface area contributed by atoms with E-state index in [4.69, 9.17) is 47.8 Å². The molecular weight excluding hydrogens is 1080 g/mol. The van der Waals surface area contributed by atoms with Crippen LogP contribution in [0.25, 0.3) is 0 Å². The number of rotatable bonds is 14. The lowest BCUT2D eigenvalue weighted by molar-refractivity contribution is 0.0687. The van der Waals surface area contributed by atoms with Gasteiger partial charge < -0.3 is 15.3 Å². The van der Waals surface area contributed by atoms with Crippen molar-refractivity contribution in [2.75, 3.05) is 37.0 Å². The summed E-state index contributed by atoms with van der Waals surface area (Å²) in [5, 5.41) is 20.5. The molecule has 1 aliphatic rings. The van der Waals surface area contributed by atoms with Gasteiger partial charge in [0.05, 0.1) is 50.4 Å². The van der Waals surface area contributed by atoms with Crippen molar-refractivity contribution >= 4 is 85.0 Å². The summed E-state index contributed by atoms with van der Waals surface area (Å²) < 4.78 is 111. The van der Waals surface area contributed by atoms with Gasteiger partial charge in [0.25, 0.3) is 5.91 Å². The number of hydrogen-bond acceptors (Lipinski definition) is 7. The second kappa shape index (κ2) is 29.8. The van der Waals surface area contributed by atoms with Crippen molar-refractivity contribution in [3.05, 3.63) is 162 Å². The number of amides is 1. The molecule has 3 heterocycles. The second-order valence-corrected chi connectivity index (χ2v) is 18.8. The zero-order chi connectivity index (χ0) is 56.4. The number of nitrogens with zero attached hydrogens (tertiary/aromatic N) is 6. The zero-order valence-corrected chi connectivity index (χ0v) is 45.4. The van der Waals surface area contributed by atoms with Crippen LogP contribution in [0.2, 0.25) is 27.2 Å². The first-order valence-electron chi connectivity index (χ1n) is 23.5. The molecule has 74 heavy (non-hydrogen) atoms. The number of carbonyl (C=O) groups is 2. The Bertz CT molecular complexity index is 2880. The highest BCUT2D eigenvalue weighted by molar-refractivity contribution is 7.60. The van der Waals surface area contributed by atoms with Crippen LogP contribution >= 0.6 is 54.7 Å². The largest absolute Gasteiger partial charge is 0.476 e. The first-order chi connectivity index (χ1) is 35.4. The summed E-state index contributed by atoms with van der Waals surface area (Å²) in [4.78, 5) is 28.3. The van der Waals surface area contributed by atoms with Gasteiger partial charge in [0.1, 0.15) is 10.3 Å². The number of aromatic nitrogens is 4. The molecule has 0 aliphatic carbocycles. The SMILES string of the molecule is CC(c1cccc(F)c1F)n1nc(C(=O)O)c(CCNc2cccc(Cl)c2F)c1Cl.CC(c1cccc(F)c1F)n1nc2c(c1Cl)CCN(c1cccc(Cl)c1F)C2=O.CCN(C(C)C)C(C)C.C[B]P=O.[2H]CF. The molecule has 2 aromatic heterocycles. The fraction of sp³-hybridized carbons (Fsp3) is 0.360. The summed E-state index contributed by atoms with van der Waals surface area (Å²) in [5.74, 6) is -7.28. The Labute approximate surface area is 449 Å². The third-order valence-corrected chi connectivity index (χ3v) is 13.0. The molecule has 11 nitrogen and oxygen atoms in total. The van der Waals surface area contributed by atoms with Crippen molar-refractivity contribution in [3.8, 4) is 0 Å². The summed E-state index contributed by atoms with van der Waals surface area (Å²) >= 11 is 24.3. The number of carboxylic acids is 1. The minimum absolute atomic E-state index is 0.0259. The molecule has 6 aromatic rings. The Hall–Kier alpha value is -5.17. The smallest absolute Gasteiger partial charge is 0.356 e. The lowest BCUT2D eigenvalue weighted by Crippen LogP contribution is -2.38. The van der Waals surface area contributed by atoms with E-state index in [0.717, 1.165) is 23.4 Å². The van der Waals surface area contributed by atoms with Crippen molar-refractivity contribution in [1.29, 1.82) is 0 Å². The van der Waals surface area contributed by atoms with Crippen LogP contribution in [0.1, 0.15) is 105 Å². The molecule has 2 N–H and O–H groups in total. The van der Waals surface area contributed by atoms with Crippen LogP contribution in [0, 0.1) is 34.9 Å². The molecule has 0 saturated heterocycles. The quantitative estimate of drug-likeness (QED) is 0.0628. The van der Waals surface area contributed by atoms with Gasteiger partial charge in [-0.25, -0.2) is 40.5 Å². The molecule has 4 aromatic carbocycles. The predicted octanol–water partition coefficient (Wildman–Crippen LogP) is 14.6. The van der Waals surface area contributed by atoms with Crippen molar-refractivity contribution in [1.82, 2.24) is 24.5 Å². The number of nitrogens with one attached hydrogen (secondary N) is 1. The van der Waals surface area contributed by atoms with E-state index in [9.17, 15) is 50.0 Å². The number of anilines is 2. The standard InChI is InChI=1S/C20H16Cl2F3N3O2.C20H14Cl2F3N3O.C8H19N.CH3BOP.CH3F/c1-10(11-4-2-6-14(23)16(11)24)28-19(22)12(18(27-28)20(29)30)8-9-26-15-7-3-5-13(21)17(15)25;1-10(11-4-2-6-14(23)16(11)24)28-19(22)12-8-9-27(20(29)18(12)26-28)15-7-3-5-13(21)17(15)25;1-6-9(7(2)3)8(4)5;1-2-4-3;1-2/h2-7,10,26H,8-9H2,1H3,(H,29,30);2-7,10H,8-9H2,1H3;7-8H,6H2,1-5H3;1H3;1H3/i;;;;1D. The Morgan fingerprint density at radius 2 is 1.28 bits per heavy atom. The van der Waals surface area contributed by atoms with Gasteiger partial charge in [0.15, 0.2) is 46.3 Å². The molecule has 0 fully saturated rings.